The van der Waals surface area contributed by atoms with E-state index in [-0.39, 0.29) is 28.5 Å². The summed E-state index contributed by atoms with van der Waals surface area (Å²) < 4.78 is 58.0. The highest BCUT2D eigenvalue weighted by Crippen LogP contribution is 2.38. The largest absolute Gasteiger partial charge is 0.507 e. The highest BCUT2D eigenvalue weighted by molar-refractivity contribution is 6.30. The molecule has 0 unspecified atom stereocenters. The van der Waals surface area contributed by atoms with Crippen molar-refractivity contribution in [2.45, 2.75) is 6.18 Å². The second-order valence-corrected chi connectivity index (χ2v) is 6.14. The fourth-order valence-electron chi connectivity index (χ4n) is 2.31. The van der Waals surface area contributed by atoms with E-state index in [4.69, 9.17) is 16.3 Å². The number of alkyl halides is 3. The number of hydrogen-bond acceptors (Lipinski definition) is 3. The van der Waals surface area contributed by atoms with Crippen LogP contribution in [0.1, 0.15) is 11.1 Å². The summed E-state index contributed by atoms with van der Waals surface area (Å²) in [4.78, 5) is 4.01. The van der Waals surface area contributed by atoms with Crippen LogP contribution < -0.4 is 4.74 Å². The second-order valence-electron chi connectivity index (χ2n) is 5.70. The topological polar surface area (TPSA) is 41.8 Å². The first-order valence-corrected chi connectivity index (χ1v) is 8.27. The Morgan fingerprint density at radius 1 is 1.00 bits per heavy atom. The Kier molecular flexibility index (Phi) is 5.56. The lowest BCUT2D eigenvalue weighted by Gasteiger charge is -2.12. The van der Waals surface area contributed by atoms with Gasteiger partial charge in [0, 0.05) is 22.9 Å². The molecular formula is C20H12ClF4NO2. The molecule has 0 aliphatic carbocycles. The summed E-state index contributed by atoms with van der Waals surface area (Å²) in [6.45, 7) is 0. The van der Waals surface area contributed by atoms with E-state index in [2.05, 4.69) is 4.99 Å². The van der Waals surface area contributed by atoms with E-state index in [1.807, 2.05) is 0 Å². The summed E-state index contributed by atoms with van der Waals surface area (Å²) >= 11 is 5.86. The first-order valence-electron chi connectivity index (χ1n) is 7.89. The second kappa shape index (κ2) is 7.90. The average molecular weight is 410 g/mol. The van der Waals surface area contributed by atoms with Gasteiger partial charge in [0.25, 0.3) is 0 Å². The van der Waals surface area contributed by atoms with Crippen LogP contribution in [-0.4, -0.2) is 11.3 Å². The Morgan fingerprint density at radius 3 is 2.50 bits per heavy atom. The van der Waals surface area contributed by atoms with Gasteiger partial charge in [0.1, 0.15) is 23.0 Å². The molecule has 3 rings (SSSR count). The molecule has 28 heavy (non-hydrogen) atoms. The zero-order valence-electron chi connectivity index (χ0n) is 14.0. The lowest BCUT2D eigenvalue weighted by atomic mass is 10.1. The molecule has 0 saturated carbocycles. The average Bonchev–Trinajstić information content (AvgIpc) is 2.62. The molecule has 3 nitrogen and oxygen atoms in total. The van der Waals surface area contributed by atoms with E-state index in [1.165, 1.54) is 36.4 Å². The summed E-state index contributed by atoms with van der Waals surface area (Å²) in [6, 6.07) is 12.1. The lowest BCUT2D eigenvalue weighted by Crippen LogP contribution is -2.04. The van der Waals surface area contributed by atoms with Crippen LogP contribution in [0.5, 0.6) is 17.2 Å². The molecule has 3 aromatic carbocycles. The van der Waals surface area contributed by atoms with Crippen LogP contribution in [0.3, 0.4) is 0 Å². The van der Waals surface area contributed by atoms with Crippen LogP contribution in [0.15, 0.2) is 65.7 Å². The molecule has 0 spiro atoms. The summed E-state index contributed by atoms with van der Waals surface area (Å²) in [7, 11) is 0. The molecular weight excluding hydrogens is 398 g/mol. The number of hydrogen-bond donors (Lipinski definition) is 1. The van der Waals surface area contributed by atoms with Crippen molar-refractivity contribution in [2.75, 3.05) is 0 Å². The predicted octanol–water partition coefficient (Wildman–Crippen LogP) is 6.75. The first-order chi connectivity index (χ1) is 13.2. The maximum absolute atomic E-state index is 13.3. The van der Waals surface area contributed by atoms with Crippen molar-refractivity contribution in [2.24, 2.45) is 4.99 Å². The van der Waals surface area contributed by atoms with Gasteiger partial charge in [-0.15, -0.1) is 0 Å². The van der Waals surface area contributed by atoms with Crippen molar-refractivity contribution in [3.8, 4) is 17.2 Å². The molecule has 0 fully saturated rings. The molecule has 0 saturated heterocycles. The van der Waals surface area contributed by atoms with Crippen LogP contribution >= 0.6 is 11.6 Å². The van der Waals surface area contributed by atoms with Gasteiger partial charge in [-0.25, -0.2) is 4.39 Å². The van der Waals surface area contributed by atoms with E-state index in [1.54, 1.807) is 0 Å². The smallest absolute Gasteiger partial charge is 0.416 e. The predicted molar refractivity (Wildman–Crippen MR) is 98.3 cm³/mol. The molecule has 3 aromatic rings. The van der Waals surface area contributed by atoms with Gasteiger partial charge in [-0.05, 0) is 48.5 Å². The molecule has 0 heterocycles. The zero-order chi connectivity index (χ0) is 20.3. The molecule has 0 radical (unpaired) electrons. The lowest BCUT2D eigenvalue weighted by molar-refractivity contribution is -0.137. The SMILES string of the molecule is Oc1ccc(Cl)cc1C=Nc1cc(C(F)(F)F)ccc1Oc1cccc(F)c1. The van der Waals surface area contributed by atoms with E-state index in [0.717, 1.165) is 30.5 Å². The van der Waals surface area contributed by atoms with Crippen LogP contribution in [0.25, 0.3) is 0 Å². The highest BCUT2D eigenvalue weighted by Gasteiger charge is 2.31. The van der Waals surface area contributed by atoms with Crippen molar-refractivity contribution < 1.29 is 27.4 Å². The van der Waals surface area contributed by atoms with Crippen LogP contribution in [-0.2, 0) is 6.18 Å². The monoisotopic (exact) mass is 409 g/mol. The molecule has 0 aliphatic heterocycles. The maximum atomic E-state index is 13.3. The van der Waals surface area contributed by atoms with Crippen LogP contribution in [0.4, 0.5) is 23.2 Å². The van der Waals surface area contributed by atoms with E-state index < -0.39 is 17.6 Å². The van der Waals surface area contributed by atoms with E-state index >= 15 is 0 Å². The minimum atomic E-state index is -4.58. The third kappa shape index (κ3) is 4.80. The summed E-state index contributed by atoms with van der Waals surface area (Å²) in [5.41, 5.74) is -0.873. The van der Waals surface area contributed by atoms with Gasteiger partial charge in [0.15, 0.2) is 5.75 Å². The minimum absolute atomic E-state index is 0.0173. The molecule has 0 aromatic heterocycles. The minimum Gasteiger partial charge on any atom is -0.507 e. The normalized spacial score (nSPS) is 11.8. The fraction of sp³-hybridized carbons (Fsp3) is 0.0500. The number of aromatic hydroxyl groups is 1. The van der Waals surface area contributed by atoms with E-state index in [9.17, 15) is 22.7 Å². The van der Waals surface area contributed by atoms with Crippen molar-refractivity contribution in [1.82, 2.24) is 0 Å². The molecule has 8 heteroatoms. The summed E-state index contributed by atoms with van der Waals surface area (Å²) in [5.74, 6) is -0.621. The number of rotatable bonds is 4. The number of phenols is 1. The molecule has 1 N–H and O–H groups in total. The Balaban J connectivity index is 2.02. The highest BCUT2D eigenvalue weighted by atomic mass is 35.5. The fourth-order valence-corrected chi connectivity index (χ4v) is 2.49. The summed E-state index contributed by atoms with van der Waals surface area (Å²) in [6.07, 6.45) is -3.42. The van der Waals surface area contributed by atoms with Crippen molar-refractivity contribution >= 4 is 23.5 Å². The van der Waals surface area contributed by atoms with Gasteiger partial charge in [0.2, 0.25) is 0 Å². The van der Waals surface area contributed by atoms with Gasteiger partial charge in [-0.2, -0.15) is 13.2 Å². The van der Waals surface area contributed by atoms with Gasteiger partial charge in [-0.1, -0.05) is 17.7 Å². The standard InChI is InChI=1S/C20H12ClF4NO2/c21-14-5-6-18(27)12(8-14)11-26-17-9-13(20(23,24)25)4-7-19(17)28-16-3-1-2-15(22)10-16/h1-11,27H. The third-order valence-corrected chi connectivity index (χ3v) is 3.88. The van der Waals surface area contributed by atoms with Gasteiger partial charge in [0.05, 0.1) is 5.56 Å². The molecule has 0 aliphatic rings. The quantitative estimate of drug-likeness (QED) is 0.382. The van der Waals surface area contributed by atoms with Gasteiger partial charge >= 0.3 is 6.18 Å². The first kappa shape index (κ1) is 19.7. The number of ether oxygens (including phenoxy) is 1. The number of nitrogens with zero attached hydrogens (tertiary/aromatic N) is 1. The van der Waals surface area contributed by atoms with Crippen molar-refractivity contribution in [3.63, 3.8) is 0 Å². The molecule has 0 bridgehead atoms. The van der Waals surface area contributed by atoms with Crippen molar-refractivity contribution in [3.05, 3.63) is 82.6 Å². The number of phenolic OH excluding ortho intramolecular Hbond substituents is 1. The Labute approximate surface area is 162 Å². The molecule has 0 amide bonds. The zero-order valence-corrected chi connectivity index (χ0v) is 14.8. The van der Waals surface area contributed by atoms with Crippen LogP contribution in [0, 0.1) is 5.82 Å². The van der Waals surface area contributed by atoms with Gasteiger partial charge in [-0.3, -0.25) is 4.99 Å². The summed E-state index contributed by atoms with van der Waals surface area (Å²) in [5, 5.41) is 10.1. The van der Waals surface area contributed by atoms with Gasteiger partial charge < -0.3 is 9.84 Å². The van der Waals surface area contributed by atoms with Crippen LogP contribution in [0.2, 0.25) is 5.02 Å². The Morgan fingerprint density at radius 2 is 1.79 bits per heavy atom. The maximum Gasteiger partial charge on any atom is 0.416 e. The molecule has 144 valence electrons. The Hall–Kier alpha value is -3.06. The van der Waals surface area contributed by atoms with Crippen molar-refractivity contribution in [1.29, 1.82) is 0 Å². The molecule has 0 atom stereocenters. The number of halogens is 5. The number of aliphatic imine (C=N–C) groups is 1. The third-order valence-electron chi connectivity index (χ3n) is 3.64. The number of benzene rings is 3. The van der Waals surface area contributed by atoms with E-state index in [0.29, 0.717) is 5.02 Å². The Bertz CT molecular complexity index is 1030.